The maximum Gasteiger partial charge on any atom is 0.136 e. The Kier molecular flexibility index (Phi) is 3.27. The van der Waals surface area contributed by atoms with Crippen molar-refractivity contribution in [1.29, 1.82) is 0 Å². The van der Waals surface area contributed by atoms with Crippen molar-refractivity contribution in [3.63, 3.8) is 0 Å². The van der Waals surface area contributed by atoms with E-state index >= 15 is 0 Å². The molecule has 1 aliphatic carbocycles. The largest absolute Gasteiger partial charge is 0.220 e. The average molecular weight is 302 g/mol. The molecule has 0 N–H and O–H groups in total. The Morgan fingerprint density at radius 2 is 1.83 bits per heavy atom. The first-order chi connectivity index (χ1) is 8.66. The lowest BCUT2D eigenvalue weighted by molar-refractivity contribution is 0.671. The molecule has 2 aromatic rings. The third-order valence-electron chi connectivity index (χ3n) is 3.23. The van der Waals surface area contributed by atoms with Crippen LogP contribution in [-0.2, 0) is 12.8 Å². The fourth-order valence-corrected chi connectivity index (χ4v) is 3.15. The van der Waals surface area contributed by atoms with E-state index in [2.05, 4.69) is 5.10 Å². The molecule has 2 nitrogen and oxygen atoms in total. The highest BCUT2D eigenvalue weighted by Gasteiger charge is 2.20. The highest BCUT2D eigenvalue weighted by molar-refractivity contribution is 6.36. The summed E-state index contributed by atoms with van der Waals surface area (Å²) in [6.07, 6.45) is 4.34. The second kappa shape index (κ2) is 4.76. The van der Waals surface area contributed by atoms with Crippen molar-refractivity contribution < 1.29 is 0 Å². The Morgan fingerprint density at radius 3 is 2.56 bits per heavy atom. The van der Waals surface area contributed by atoms with E-state index in [9.17, 15) is 0 Å². The van der Waals surface area contributed by atoms with E-state index < -0.39 is 0 Å². The molecule has 1 heterocycles. The van der Waals surface area contributed by atoms with Gasteiger partial charge in [0.15, 0.2) is 0 Å². The number of rotatable bonds is 1. The van der Waals surface area contributed by atoms with Gasteiger partial charge >= 0.3 is 0 Å². The molecule has 5 heteroatoms. The predicted molar refractivity (Wildman–Crippen MR) is 75.2 cm³/mol. The maximum absolute atomic E-state index is 6.40. The Hall–Kier alpha value is -0.700. The molecule has 0 bridgehead atoms. The van der Waals surface area contributed by atoms with E-state index in [4.69, 9.17) is 34.8 Å². The number of aromatic nitrogens is 2. The van der Waals surface area contributed by atoms with Gasteiger partial charge in [0, 0.05) is 10.6 Å². The molecule has 0 radical (unpaired) electrons. The van der Waals surface area contributed by atoms with Gasteiger partial charge in [0.25, 0.3) is 0 Å². The third-order valence-corrected chi connectivity index (χ3v) is 4.16. The Labute approximate surface area is 120 Å². The summed E-state index contributed by atoms with van der Waals surface area (Å²) in [7, 11) is 0. The van der Waals surface area contributed by atoms with Crippen LogP contribution in [0.4, 0.5) is 0 Å². The van der Waals surface area contributed by atoms with Crippen LogP contribution in [0.2, 0.25) is 15.2 Å². The summed E-state index contributed by atoms with van der Waals surface area (Å²) in [5.74, 6) is 0. The van der Waals surface area contributed by atoms with Crippen LogP contribution in [-0.4, -0.2) is 9.78 Å². The molecule has 1 aliphatic rings. The average Bonchev–Trinajstić information content (AvgIpc) is 2.68. The molecule has 0 saturated carbocycles. The molecule has 0 amide bonds. The zero-order valence-corrected chi connectivity index (χ0v) is 11.9. The lowest BCUT2D eigenvalue weighted by Gasteiger charge is -2.08. The number of nitrogens with zero attached hydrogens (tertiary/aromatic N) is 2. The lowest BCUT2D eigenvalue weighted by Crippen LogP contribution is -2.00. The highest BCUT2D eigenvalue weighted by Crippen LogP contribution is 2.32. The van der Waals surface area contributed by atoms with Gasteiger partial charge in [0.2, 0.25) is 0 Å². The second-order valence-electron chi connectivity index (χ2n) is 4.43. The van der Waals surface area contributed by atoms with E-state index in [0.717, 1.165) is 29.8 Å². The standard InChI is InChI=1S/C13H11Cl3N2/c14-8-5-6-12(10(15)7-8)18-13(16)9-3-1-2-4-11(9)17-18/h5-7H,1-4H2. The van der Waals surface area contributed by atoms with Crippen molar-refractivity contribution >= 4 is 34.8 Å². The van der Waals surface area contributed by atoms with Crippen molar-refractivity contribution in [2.45, 2.75) is 25.7 Å². The summed E-state index contributed by atoms with van der Waals surface area (Å²) in [5, 5.41) is 6.41. The number of hydrogen-bond acceptors (Lipinski definition) is 1. The van der Waals surface area contributed by atoms with Crippen LogP contribution in [0.15, 0.2) is 18.2 Å². The molecule has 0 atom stereocenters. The lowest BCUT2D eigenvalue weighted by atomic mass is 9.99. The smallest absolute Gasteiger partial charge is 0.136 e. The predicted octanol–water partition coefficient (Wildman–Crippen LogP) is 4.71. The minimum atomic E-state index is 0.559. The molecule has 1 aromatic heterocycles. The van der Waals surface area contributed by atoms with Crippen LogP contribution in [0.25, 0.3) is 5.69 Å². The van der Waals surface area contributed by atoms with Crippen LogP contribution >= 0.6 is 34.8 Å². The first-order valence-electron chi connectivity index (χ1n) is 5.88. The van der Waals surface area contributed by atoms with Gasteiger partial charge < -0.3 is 0 Å². The van der Waals surface area contributed by atoms with Crippen LogP contribution in [0.1, 0.15) is 24.1 Å². The summed E-state index contributed by atoms with van der Waals surface area (Å²) >= 11 is 18.5. The van der Waals surface area contributed by atoms with Crippen LogP contribution in [0.5, 0.6) is 0 Å². The van der Waals surface area contributed by atoms with Crippen molar-refractivity contribution in [3.05, 3.63) is 44.7 Å². The van der Waals surface area contributed by atoms with Crippen LogP contribution in [0.3, 0.4) is 0 Å². The number of benzene rings is 1. The molecule has 0 fully saturated rings. The van der Waals surface area contributed by atoms with E-state index in [0.29, 0.717) is 15.2 Å². The van der Waals surface area contributed by atoms with Crippen molar-refractivity contribution in [2.24, 2.45) is 0 Å². The number of fused-ring (bicyclic) bond motifs is 1. The van der Waals surface area contributed by atoms with E-state index in [1.807, 2.05) is 6.07 Å². The van der Waals surface area contributed by atoms with E-state index in [1.54, 1.807) is 16.8 Å². The zero-order valence-electron chi connectivity index (χ0n) is 9.59. The quantitative estimate of drug-likeness (QED) is 0.746. The summed E-state index contributed by atoms with van der Waals surface area (Å²) in [6, 6.07) is 5.34. The third kappa shape index (κ3) is 2.03. The Bertz CT molecular complexity index is 605. The first kappa shape index (κ1) is 12.3. The molecular weight excluding hydrogens is 291 g/mol. The molecule has 0 aliphatic heterocycles. The maximum atomic E-state index is 6.40. The molecular formula is C13H11Cl3N2. The van der Waals surface area contributed by atoms with Gasteiger partial charge in [-0.25, -0.2) is 4.68 Å². The zero-order chi connectivity index (χ0) is 12.7. The van der Waals surface area contributed by atoms with Gasteiger partial charge in [-0.3, -0.25) is 0 Å². The van der Waals surface area contributed by atoms with Gasteiger partial charge in [0.05, 0.1) is 16.4 Å². The SMILES string of the molecule is Clc1ccc(-n2nc3c(c2Cl)CCCC3)c(Cl)c1. The Balaban J connectivity index is 2.14. The van der Waals surface area contributed by atoms with Crippen molar-refractivity contribution in [2.75, 3.05) is 0 Å². The minimum Gasteiger partial charge on any atom is -0.220 e. The molecule has 3 rings (SSSR count). The highest BCUT2D eigenvalue weighted by atomic mass is 35.5. The molecule has 0 unspecified atom stereocenters. The number of hydrogen-bond donors (Lipinski definition) is 0. The molecule has 94 valence electrons. The second-order valence-corrected chi connectivity index (χ2v) is 5.63. The van der Waals surface area contributed by atoms with Gasteiger partial charge in [-0.2, -0.15) is 5.10 Å². The molecule has 0 saturated heterocycles. The summed E-state index contributed by atoms with van der Waals surface area (Å²) in [4.78, 5) is 0. The summed E-state index contributed by atoms with van der Waals surface area (Å²) in [5.41, 5.74) is 3.03. The fraction of sp³-hybridized carbons (Fsp3) is 0.308. The van der Waals surface area contributed by atoms with Crippen molar-refractivity contribution in [3.8, 4) is 5.69 Å². The van der Waals surface area contributed by atoms with Gasteiger partial charge in [0.1, 0.15) is 5.15 Å². The minimum absolute atomic E-state index is 0.559. The van der Waals surface area contributed by atoms with E-state index in [1.165, 1.54) is 12.8 Å². The number of halogens is 3. The van der Waals surface area contributed by atoms with Gasteiger partial charge in [-0.1, -0.05) is 34.8 Å². The van der Waals surface area contributed by atoms with Crippen molar-refractivity contribution in [1.82, 2.24) is 9.78 Å². The van der Waals surface area contributed by atoms with Crippen LogP contribution in [0, 0.1) is 0 Å². The fourth-order valence-electron chi connectivity index (χ4n) is 2.33. The molecule has 18 heavy (non-hydrogen) atoms. The molecule has 1 aromatic carbocycles. The molecule has 0 spiro atoms. The normalized spacial score (nSPS) is 14.6. The summed E-state index contributed by atoms with van der Waals surface area (Å²) in [6.45, 7) is 0. The Morgan fingerprint density at radius 1 is 1.06 bits per heavy atom. The summed E-state index contributed by atoms with van der Waals surface area (Å²) < 4.78 is 1.72. The monoisotopic (exact) mass is 300 g/mol. The van der Waals surface area contributed by atoms with E-state index in [-0.39, 0.29) is 0 Å². The van der Waals surface area contributed by atoms with Crippen LogP contribution < -0.4 is 0 Å². The topological polar surface area (TPSA) is 17.8 Å². The van der Waals surface area contributed by atoms with Gasteiger partial charge in [-0.05, 0) is 43.9 Å². The first-order valence-corrected chi connectivity index (χ1v) is 7.02. The number of aryl methyl sites for hydroxylation is 1. The van der Waals surface area contributed by atoms with Gasteiger partial charge in [-0.15, -0.1) is 0 Å².